The molecule has 148 valence electrons. The van der Waals surface area contributed by atoms with Crippen molar-refractivity contribution in [1.82, 2.24) is 15.6 Å². The second kappa shape index (κ2) is 11.3. The minimum Gasteiger partial charge on any atom is -0.444 e. The van der Waals surface area contributed by atoms with Crippen molar-refractivity contribution >= 4 is 29.9 Å². The number of aryl methyl sites for hydroxylation is 1. The molecule has 2 aromatic rings. The number of nitrogens with zero attached hydrogens (tertiary/aromatic N) is 2. The lowest BCUT2D eigenvalue weighted by Gasteiger charge is -2.13. The molecule has 2 N–H and O–H groups in total. The maximum Gasteiger partial charge on any atom is 0.226 e. The molecule has 2 heterocycles. The Morgan fingerprint density at radius 2 is 2.07 bits per heavy atom. The number of ether oxygens (including phenoxy) is 1. The van der Waals surface area contributed by atoms with Crippen molar-refractivity contribution in [3.63, 3.8) is 0 Å². The summed E-state index contributed by atoms with van der Waals surface area (Å²) in [4.78, 5) is 9.14. The van der Waals surface area contributed by atoms with Crippen molar-refractivity contribution in [1.29, 1.82) is 0 Å². The maximum atomic E-state index is 5.65. The van der Waals surface area contributed by atoms with E-state index in [4.69, 9.17) is 9.15 Å². The molecule has 0 saturated carbocycles. The molecular weight excluding hydrogens is 455 g/mol. The van der Waals surface area contributed by atoms with Gasteiger partial charge < -0.3 is 19.8 Å². The van der Waals surface area contributed by atoms with Gasteiger partial charge in [-0.15, -0.1) is 24.0 Å². The Morgan fingerprint density at radius 3 is 2.78 bits per heavy atom. The van der Waals surface area contributed by atoms with Gasteiger partial charge >= 0.3 is 0 Å². The number of halogens is 1. The number of oxazole rings is 1. The number of nitrogens with one attached hydrogen (secondary N) is 2. The monoisotopic (exact) mass is 484 g/mol. The lowest BCUT2D eigenvalue weighted by Crippen LogP contribution is -2.38. The van der Waals surface area contributed by atoms with Gasteiger partial charge in [-0.25, -0.2) is 9.98 Å². The molecular formula is C20H29IN4O2. The van der Waals surface area contributed by atoms with Crippen LogP contribution in [-0.4, -0.2) is 36.7 Å². The zero-order valence-electron chi connectivity index (χ0n) is 16.0. The van der Waals surface area contributed by atoms with Crippen molar-refractivity contribution in [2.24, 2.45) is 4.99 Å². The van der Waals surface area contributed by atoms with Gasteiger partial charge in [0, 0.05) is 25.3 Å². The summed E-state index contributed by atoms with van der Waals surface area (Å²) < 4.78 is 11.2. The summed E-state index contributed by atoms with van der Waals surface area (Å²) in [5, 5.41) is 6.63. The van der Waals surface area contributed by atoms with E-state index in [2.05, 4.69) is 46.6 Å². The van der Waals surface area contributed by atoms with Crippen LogP contribution >= 0.6 is 24.0 Å². The molecule has 1 aliphatic rings. The second-order valence-electron chi connectivity index (χ2n) is 6.56. The van der Waals surface area contributed by atoms with Crippen LogP contribution in [0, 0.1) is 6.92 Å². The molecule has 1 unspecified atom stereocenters. The van der Waals surface area contributed by atoms with E-state index in [0.29, 0.717) is 18.5 Å². The molecule has 7 heteroatoms. The quantitative estimate of drug-likeness (QED) is 0.355. The van der Waals surface area contributed by atoms with Gasteiger partial charge in [-0.3, -0.25) is 0 Å². The fraction of sp³-hybridized carbons (Fsp3) is 0.500. The predicted octanol–water partition coefficient (Wildman–Crippen LogP) is 3.89. The number of hydrogen-bond donors (Lipinski definition) is 2. The number of rotatable bonds is 7. The first-order valence-corrected chi connectivity index (χ1v) is 9.40. The Morgan fingerprint density at radius 1 is 1.26 bits per heavy atom. The van der Waals surface area contributed by atoms with Gasteiger partial charge in [0.1, 0.15) is 12.0 Å². The molecule has 27 heavy (non-hydrogen) atoms. The molecule has 0 spiro atoms. The molecule has 0 bridgehead atoms. The molecule has 0 aliphatic carbocycles. The molecule has 1 aromatic heterocycles. The topological polar surface area (TPSA) is 71.7 Å². The first-order valence-electron chi connectivity index (χ1n) is 9.40. The van der Waals surface area contributed by atoms with Crippen LogP contribution in [0.25, 0.3) is 11.5 Å². The largest absolute Gasteiger partial charge is 0.444 e. The minimum absolute atomic E-state index is 0. The van der Waals surface area contributed by atoms with E-state index in [1.807, 2.05) is 12.1 Å². The molecule has 1 aromatic carbocycles. The highest BCUT2D eigenvalue weighted by Gasteiger charge is 2.14. The highest BCUT2D eigenvalue weighted by Crippen LogP contribution is 2.19. The van der Waals surface area contributed by atoms with E-state index in [9.17, 15) is 0 Å². The summed E-state index contributed by atoms with van der Waals surface area (Å²) >= 11 is 0. The molecule has 1 saturated heterocycles. The third-order valence-corrected chi connectivity index (χ3v) is 4.38. The van der Waals surface area contributed by atoms with Gasteiger partial charge in [-0.1, -0.05) is 17.7 Å². The molecule has 1 atom stereocenters. The average Bonchev–Trinajstić information content (AvgIpc) is 3.32. The Kier molecular flexibility index (Phi) is 9.06. The Labute approximate surface area is 178 Å². The molecule has 0 amide bonds. The Bertz CT molecular complexity index is 709. The van der Waals surface area contributed by atoms with E-state index in [1.54, 1.807) is 6.26 Å². The van der Waals surface area contributed by atoms with Crippen molar-refractivity contribution < 1.29 is 9.15 Å². The minimum atomic E-state index is 0. The fourth-order valence-electron chi connectivity index (χ4n) is 2.93. The second-order valence-corrected chi connectivity index (χ2v) is 6.56. The molecule has 0 radical (unpaired) electrons. The maximum absolute atomic E-state index is 5.65. The summed E-state index contributed by atoms with van der Waals surface area (Å²) in [5.74, 6) is 1.43. The van der Waals surface area contributed by atoms with E-state index < -0.39 is 0 Å². The van der Waals surface area contributed by atoms with E-state index >= 15 is 0 Å². The van der Waals surface area contributed by atoms with Gasteiger partial charge in [-0.05, 0) is 45.2 Å². The highest BCUT2D eigenvalue weighted by molar-refractivity contribution is 14.0. The van der Waals surface area contributed by atoms with Gasteiger partial charge in [0.15, 0.2) is 5.96 Å². The Balaban J connectivity index is 0.00000261. The number of aromatic nitrogens is 1. The Hall–Kier alpha value is -1.61. The zero-order valence-corrected chi connectivity index (χ0v) is 18.4. The highest BCUT2D eigenvalue weighted by atomic mass is 127. The van der Waals surface area contributed by atoms with Crippen LogP contribution in [0.2, 0.25) is 0 Å². The van der Waals surface area contributed by atoms with Crippen molar-refractivity contribution in [3.8, 4) is 11.5 Å². The normalized spacial score (nSPS) is 16.8. The van der Waals surface area contributed by atoms with E-state index in [0.717, 1.165) is 49.8 Å². The summed E-state index contributed by atoms with van der Waals surface area (Å²) in [6.07, 6.45) is 5.41. The number of benzene rings is 1. The number of aliphatic imine (C=N–C) groups is 1. The van der Waals surface area contributed by atoms with Gasteiger partial charge in [0.2, 0.25) is 5.89 Å². The van der Waals surface area contributed by atoms with Crippen molar-refractivity contribution in [3.05, 3.63) is 41.8 Å². The lowest BCUT2D eigenvalue weighted by molar-refractivity contribution is 0.105. The van der Waals surface area contributed by atoms with Crippen LogP contribution in [0.4, 0.5) is 0 Å². The predicted molar refractivity (Wildman–Crippen MR) is 119 cm³/mol. The van der Waals surface area contributed by atoms with Crippen molar-refractivity contribution in [2.45, 2.75) is 45.8 Å². The van der Waals surface area contributed by atoms with E-state index in [1.165, 1.54) is 12.0 Å². The molecule has 1 aliphatic heterocycles. The molecule has 6 nitrogen and oxygen atoms in total. The first kappa shape index (κ1) is 21.7. The SMILES string of the molecule is CCNC(=NCc1coc(-c2ccc(C)cc2)n1)NCCC1CCCO1.I. The number of guanidine groups is 1. The third-order valence-electron chi connectivity index (χ3n) is 4.38. The zero-order chi connectivity index (χ0) is 18.2. The first-order chi connectivity index (χ1) is 12.7. The van der Waals surface area contributed by atoms with Crippen LogP contribution in [0.3, 0.4) is 0 Å². The molecule has 1 fully saturated rings. The summed E-state index contributed by atoms with van der Waals surface area (Å²) in [6, 6.07) is 8.15. The smallest absolute Gasteiger partial charge is 0.226 e. The average molecular weight is 484 g/mol. The van der Waals surface area contributed by atoms with Gasteiger partial charge in [-0.2, -0.15) is 0 Å². The standard InChI is InChI=1S/C20H28N4O2.HI/c1-3-21-20(22-11-10-18-5-4-12-25-18)23-13-17-14-26-19(24-17)16-8-6-15(2)7-9-16;/h6-9,14,18H,3-5,10-13H2,1-2H3,(H2,21,22,23);1H. The van der Waals surface area contributed by atoms with Crippen LogP contribution < -0.4 is 10.6 Å². The molecule has 3 rings (SSSR count). The fourth-order valence-corrected chi connectivity index (χ4v) is 2.93. The van der Waals surface area contributed by atoms with Crippen LogP contribution in [0.5, 0.6) is 0 Å². The third kappa shape index (κ3) is 6.80. The van der Waals surface area contributed by atoms with Crippen LogP contribution in [0.1, 0.15) is 37.4 Å². The van der Waals surface area contributed by atoms with Gasteiger partial charge in [0.05, 0.1) is 12.6 Å². The van der Waals surface area contributed by atoms with Crippen molar-refractivity contribution in [2.75, 3.05) is 19.7 Å². The summed E-state index contributed by atoms with van der Waals surface area (Å²) in [7, 11) is 0. The van der Waals surface area contributed by atoms with Crippen LogP contribution in [-0.2, 0) is 11.3 Å². The van der Waals surface area contributed by atoms with Crippen LogP contribution in [0.15, 0.2) is 39.9 Å². The summed E-state index contributed by atoms with van der Waals surface area (Å²) in [5.41, 5.74) is 3.01. The number of hydrogen-bond acceptors (Lipinski definition) is 4. The summed E-state index contributed by atoms with van der Waals surface area (Å²) in [6.45, 7) is 7.17. The lowest BCUT2D eigenvalue weighted by atomic mass is 10.1. The van der Waals surface area contributed by atoms with E-state index in [-0.39, 0.29) is 24.0 Å². The van der Waals surface area contributed by atoms with Gasteiger partial charge in [0.25, 0.3) is 0 Å².